The van der Waals surface area contributed by atoms with Gasteiger partial charge in [0, 0.05) is 23.4 Å². The quantitative estimate of drug-likeness (QED) is 0.928. The van der Waals surface area contributed by atoms with Crippen molar-refractivity contribution >= 4 is 39.1 Å². The van der Waals surface area contributed by atoms with Crippen molar-refractivity contribution in [1.29, 1.82) is 0 Å². The average molecular weight is 306 g/mol. The lowest BCUT2D eigenvalue weighted by Gasteiger charge is -2.18. The molecular formula is C10H12BrNO3S. The van der Waals surface area contributed by atoms with Crippen LogP contribution in [-0.2, 0) is 4.79 Å². The van der Waals surface area contributed by atoms with Crippen molar-refractivity contribution < 1.29 is 14.7 Å². The van der Waals surface area contributed by atoms with Gasteiger partial charge >= 0.3 is 5.97 Å². The summed E-state index contributed by atoms with van der Waals surface area (Å²) in [5.74, 6) is -1.60. The molecule has 1 rings (SSSR count). The predicted octanol–water partition coefficient (Wildman–Crippen LogP) is 2.30. The van der Waals surface area contributed by atoms with Crippen molar-refractivity contribution in [3.05, 3.63) is 20.8 Å². The summed E-state index contributed by atoms with van der Waals surface area (Å²) < 4.78 is 0.862. The molecule has 1 heterocycles. The van der Waals surface area contributed by atoms with Gasteiger partial charge in [-0.25, -0.2) is 0 Å². The number of hydrogen-bond donors (Lipinski definition) is 1. The van der Waals surface area contributed by atoms with E-state index in [9.17, 15) is 9.59 Å². The molecular weight excluding hydrogens is 294 g/mol. The van der Waals surface area contributed by atoms with Gasteiger partial charge in [-0.05, 0) is 22.0 Å². The Kier molecular flexibility index (Phi) is 4.49. The molecule has 0 fully saturated rings. The van der Waals surface area contributed by atoms with E-state index in [2.05, 4.69) is 15.9 Å². The van der Waals surface area contributed by atoms with Crippen LogP contribution in [0.25, 0.3) is 0 Å². The molecule has 16 heavy (non-hydrogen) atoms. The Morgan fingerprint density at radius 2 is 2.25 bits per heavy atom. The molecule has 4 nitrogen and oxygen atoms in total. The molecule has 0 saturated heterocycles. The van der Waals surface area contributed by atoms with Crippen LogP contribution in [0.3, 0.4) is 0 Å². The number of thiophene rings is 1. The number of carboxylic acid groups (broad SMARTS) is 1. The fourth-order valence-corrected chi connectivity index (χ4v) is 2.61. The van der Waals surface area contributed by atoms with E-state index >= 15 is 0 Å². The van der Waals surface area contributed by atoms with Crippen molar-refractivity contribution in [2.24, 2.45) is 5.92 Å². The van der Waals surface area contributed by atoms with Gasteiger partial charge in [-0.15, -0.1) is 11.3 Å². The van der Waals surface area contributed by atoms with E-state index < -0.39 is 11.9 Å². The number of carboxylic acids is 1. The maximum Gasteiger partial charge on any atom is 0.308 e. The summed E-state index contributed by atoms with van der Waals surface area (Å²) in [5, 5.41) is 10.6. The third kappa shape index (κ3) is 3.31. The van der Waals surface area contributed by atoms with Crippen LogP contribution in [0.1, 0.15) is 16.6 Å². The number of halogens is 1. The zero-order valence-electron chi connectivity index (χ0n) is 8.94. The Balaban J connectivity index is 2.64. The molecule has 0 aliphatic rings. The SMILES string of the molecule is CC(CN(C)C(=O)c1cc(Br)cs1)C(=O)O. The van der Waals surface area contributed by atoms with Crippen molar-refractivity contribution in [3.63, 3.8) is 0 Å². The zero-order valence-corrected chi connectivity index (χ0v) is 11.3. The minimum Gasteiger partial charge on any atom is -0.481 e. The molecule has 0 aliphatic heterocycles. The number of rotatable bonds is 4. The molecule has 1 amide bonds. The molecule has 0 saturated carbocycles. The van der Waals surface area contributed by atoms with E-state index in [0.29, 0.717) is 4.88 Å². The molecule has 1 aromatic heterocycles. The smallest absolute Gasteiger partial charge is 0.308 e. The Morgan fingerprint density at radius 1 is 1.62 bits per heavy atom. The van der Waals surface area contributed by atoms with Crippen LogP contribution in [-0.4, -0.2) is 35.5 Å². The van der Waals surface area contributed by atoms with Crippen molar-refractivity contribution in [2.45, 2.75) is 6.92 Å². The van der Waals surface area contributed by atoms with Crippen molar-refractivity contribution in [2.75, 3.05) is 13.6 Å². The average Bonchev–Trinajstić information content (AvgIpc) is 2.63. The molecule has 6 heteroatoms. The van der Waals surface area contributed by atoms with Gasteiger partial charge in [-0.1, -0.05) is 6.92 Å². The lowest BCUT2D eigenvalue weighted by atomic mass is 10.2. The van der Waals surface area contributed by atoms with E-state index in [1.54, 1.807) is 20.0 Å². The van der Waals surface area contributed by atoms with Gasteiger partial charge in [0.2, 0.25) is 0 Å². The molecule has 0 aromatic carbocycles. The first kappa shape index (κ1) is 13.2. The van der Waals surface area contributed by atoms with E-state index in [0.717, 1.165) is 4.47 Å². The zero-order chi connectivity index (χ0) is 12.3. The second-order valence-corrected chi connectivity index (χ2v) is 5.38. The minimum absolute atomic E-state index is 0.149. The molecule has 1 atom stereocenters. The maximum absolute atomic E-state index is 11.8. The summed E-state index contributed by atoms with van der Waals surface area (Å²) in [7, 11) is 1.61. The lowest BCUT2D eigenvalue weighted by molar-refractivity contribution is -0.141. The van der Waals surface area contributed by atoms with E-state index in [-0.39, 0.29) is 12.5 Å². The first-order valence-electron chi connectivity index (χ1n) is 4.64. The number of carbonyl (C=O) groups is 2. The normalized spacial score (nSPS) is 12.2. The molecule has 88 valence electrons. The summed E-state index contributed by atoms with van der Waals surface area (Å²) in [4.78, 5) is 24.5. The Bertz CT molecular complexity index is 405. The Hall–Kier alpha value is -0.880. The summed E-state index contributed by atoms with van der Waals surface area (Å²) in [6.45, 7) is 1.79. The molecule has 0 bridgehead atoms. The number of amides is 1. The highest BCUT2D eigenvalue weighted by atomic mass is 79.9. The van der Waals surface area contributed by atoms with Gasteiger partial charge in [0.25, 0.3) is 5.91 Å². The van der Waals surface area contributed by atoms with Gasteiger partial charge < -0.3 is 10.0 Å². The molecule has 0 aliphatic carbocycles. The predicted molar refractivity (Wildman–Crippen MR) is 65.8 cm³/mol. The number of aliphatic carboxylic acids is 1. The van der Waals surface area contributed by atoms with Gasteiger partial charge in [-0.2, -0.15) is 0 Å². The fourth-order valence-electron chi connectivity index (χ4n) is 1.19. The van der Waals surface area contributed by atoms with Crippen LogP contribution < -0.4 is 0 Å². The summed E-state index contributed by atoms with van der Waals surface area (Å²) in [6, 6.07) is 1.73. The molecule has 1 unspecified atom stereocenters. The van der Waals surface area contributed by atoms with Gasteiger partial charge in [0.05, 0.1) is 10.8 Å². The number of nitrogens with zero attached hydrogens (tertiary/aromatic N) is 1. The third-order valence-corrected chi connectivity index (χ3v) is 3.77. The van der Waals surface area contributed by atoms with Gasteiger partial charge in [-0.3, -0.25) is 9.59 Å². The second kappa shape index (κ2) is 5.45. The van der Waals surface area contributed by atoms with Crippen LogP contribution in [0.4, 0.5) is 0 Å². The highest BCUT2D eigenvalue weighted by Crippen LogP contribution is 2.21. The molecule has 0 radical (unpaired) electrons. The highest BCUT2D eigenvalue weighted by Gasteiger charge is 2.19. The van der Waals surface area contributed by atoms with Gasteiger partial charge in [0.15, 0.2) is 0 Å². The van der Waals surface area contributed by atoms with E-state index in [1.807, 2.05) is 5.38 Å². The maximum atomic E-state index is 11.8. The van der Waals surface area contributed by atoms with Crippen LogP contribution in [0.5, 0.6) is 0 Å². The van der Waals surface area contributed by atoms with Crippen LogP contribution in [0.15, 0.2) is 15.9 Å². The molecule has 1 N–H and O–H groups in total. The fraction of sp³-hybridized carbons (Fsp3) is 0.400. The summed E-state index contributed by atoms with van der Waals surface area (Å²) in [6.07, 6.45) is 0. The van der Waals surface area contributed by atoms with Crippen LogP contribution in [0.2, 0.25) is 0 Å². The van der Waals surface area contributed by atoms with Crippen LogP contribution in [0, 0.1) is 5.92 Å². The molecule has 0 spiro atoms. The third-order valence-electron chi connectivity index (χ3n) is 2.09. The number of carbonyl (C=O) groups excluding carboxylic acids is 1. The highest BCUT2D eigenvalue weighted by molar-refractivity contribution is 9.10. The van der Waals surface area contributed by atoms with Crippen LogP contribution >= 0.6 is 27.3 Å². The first-order chi connectivity index (χ1) is 7.41. The first-order valence-corrected chi connectivity index (χ1v) is 6.31. The summed E-state index contributed by atoms with van der Waals surface area (Å²) >= 11 is 4.61. The van der Waals surface area contributed by atoms with Crippen molar-refractivity contribution in [3.8, 4) is 0 Å². The topological polar surface area (TPSA) is 57.6 Å². The largest absolute Gasteiger partial charge is 0.481 e. The van der Waals surface area contributed by atoms with E-state index in [4.69, 9.17) is 5.11 Å². The standard InChI is InChI=1S/C10H12BrNO3S/c1-6(10(14)15)4-12(2)9(13)8-3-7(11)5-16-8/h3,5-6H,4H2,1-2H3,(H,14,15). The monoisotopic (exact) mass is 305 g/mol. The summed E-state index contributed by atoms with van der Waals surface area (Å²) in [5.41, 5.74) is 0. The Labute approximate surface area is 106 Å². The molecule has 1 aromatic rings. The van der Waals surface area contributed by atoms with Gasteiger partial charge in [0.1, 0.15) is 0 Å². The minimum atomic E-state index is -0.896. The van der Waals surface area contributed by atoms with Crippen molar-refractivity contribution in [1.82, 2.24) is 4.90 Å². The number of hydrogen-bond acceptors (Lipinski definition) is 3. The lowest BCUT2D eigenvalue weighted by Crippen LogP contribution is -2.33. The second-order valence-electron chi connectivity index (χ2n) is 3.55. The Morgan fingerprint density at radius 3 is 2.69 bits per heavy atom. The van der Waals surface area contributed by atoms with E-state index in [1.165, 1.54) is 16.2 Å².